The molecule has 7 rings (SSSR count). The third kappa shape index (κ3) is 10.8. The third-order valence-corrected chi connectivity index (χ3v) is 12.7. The molecule has 0 radical (unpaired) electrons. The Balaban J connectivity index is 0.786. The molecular weight excluding hydrogens is 791 g/mol. The van der Waals surface area contributed by atoms with Gasteiger partial charge >= 0.3 is 0 Å². The van der Waals surface area contributed by atoms with Gasteiger partial charge in [0, 0.05) is 67.5 Å². The van der Waals surface area contributed by atoms with Gasteiger partial charge in [-0.05, 0) is 83.2 Å². The van der Waals surface area contributed by atoms with E-state index in [2.05, 4.69) is 46.0 Å². The number of nitrogens with zero attached hydrogens (tertiary/aromatic N) is 7. The number of carbonyl (C=O) groups is 3. The molecule has 0 bridgehead atoms. The van der Waals surface area contributed by atoms with Crippen LogP contribution in [0.2, 0.25) is 0 Å². The summed E-state index contributed by atoms with van der Waals surface area (Å²) in [5, 5.41) is 14.0. The van der Waals surface area contributed by atoms with E-state index >= 15 is 0 Å². The molecule has 1 saturated carbocycles. The number of amides is 2. The number of hydrogen-bond acceptors (Lipinski definition) is 13. The number of Topliss-reactive ketones (excluding diaryl/α,β-unsaturated/α-hetero) is 1. The first kappa shape index (κ1) is 43.4. The zero-order valence-electron chi connectivity index (χ0n) is 35.7. The minimum absolute atomic E-state index is 0.00847. The molecule has 0 atom stereocenters. The number of carbonyl (C=O) groups excluding carboxylic acids is 3. The van der Waals surface area contributed by atoms with E-state index in [9.17, 15) is 19.2 Å². The second-order valence-electron chi connectivity index (χ2n) is 16.1. The fourth-order valence-electron chi connectivity index (χ4n) is 8.25. The van der Waals surface area contributed by atoms with Gasteiger partial charge in [-0.1, -0.05) is 44.2 Å². The first-order valence-electron chi connectivity index (χ1n) is 21.5. The van der Waals surface area contributed by atoms with E-state index in [0.717, 1.165) is 112 Å². The van der Waals surface area contributed by atoms with Crippen molar-refractivity contribution in [2.24, 2.45) is 0 Å². The van der Waals surface area contributed by atoms with Crippen LogP contribution >= 0.6 is 11.3 Å². The Kier molecular flexibility index (Phi) is 14.4. The maximum absolute atomic E-state index is 13.6. The number of hydrogen-bond donors (Lipinski definition) is 4. The van der Waals surface area contributed by atoms with Gasteiger partial charge < -0.3 is 20.9 Å². The zero-order valence-corrected chi connectivity index (χ0v) is 36.5. The average Bonchev–Trinajstić information content (AvgIpc) is 3.89. The Labute approximate surface area is 360 Å². The van der Waals surface area contributed by atoms with Crippen LogP contribution in [0.4, 0.5) is 28.3 Å². The summed E-state index contributed by atoms with van der Waals surface area (Å²) in [6, 6.07) is 11.5. The van der Waals surface area contributed by atoms with Crippen LogP contribution in [-0.2, 0) is 4.79 Å². The van der Waals surface area contributed by atoms with Crippen LogP contribution in [0.1, 0.15) is 108 Å². The van der Waals surface area contributed by atoms with Gasteiger partial charge in [0.1, 0.15) is 11.5 Å². The summed E-state index contributed by atoms with van der Waals surface area (Å²) in [5.74, 6) is 0.571. The summed E-state index contributed by atoms with van der Waals surface area (Å²) in [7, 11) is 0. The van der Waals surface area contributed by atoms with Crippen molar-refractivity contribution in [2.75, 3.05) is 66.7 Å². The molecule has 1 aliphatic heterocycles. The topological polar surface area (TPSA) is 179 Å². The lowest BCUT2D eigenvalue weighted by Crippen LogP contribution is -2.49. The van der Waals surface area contributed by atoms with Crippen molar-refractivity contribution < 1.29 is 14.4 Å². The quantitative estimate of drug-likeness (QED) is 0.0517. The maximum atomic E-state index is 13.6. The summed E-state index contributed by atoms with van der Waals surface area (Å²) in [6.45, 7) is 12.1. The van der Waals surface area contributed by atoms with Crippen molar-refractivity contribution in [1.82, 2.24) is 34.7 Å². The van der Waals surface area contributed by atoms with Crippen LogP contribution < -0.4 is 31.7 Å². The molecule has 322 valence electrons. The monoisotopic (exact) mass is 847 g/mol. The van der Waals surface area contributed by atoms with E-state index in [4.69, 9.17) is 4.98 Å². The molecule has 0 spiro atoms. The number of rotatable bonds is 18. The number of unbranched alkanes of at least 4 members (excludes halogenated alkanes) is 4. The molecule has 2 aliphatic rings. The van der Waals surface area contributed by atoms with Gasteiger partial charge in [0.25, 0.3) is 11.5 Å². The van der Waals surface area contributed by atoms with Gasteiger partial charge in [-0.3, -0.25) is 34.0 Å². The first-order valence-corrected chi connectivity index (χ1v) is 22.4. The normalized spacial score (nSPS) is 14.7. The van der Waals surface area contributed by atoms with E-state index in [-0.39, 0.29) is 34.8 Å². The van der Waals surface area contributed by atoms with E-state index in [0.29, 0.717) is 52.1 Å². The lowest BCUT2D eigenvalue weighted by Gasteiger charge is -2.35. The minimum Gasteiger partial charge on any atom is -0.384 e. The number of para-hydroxylation sites is 1. The molecule has 2 amide bonds. The van der Waals surface area contributed by atoms with Crippen molar-refractivity contribution in [3.8, 4) is 0 Å². The zero-order chi connectivity index (χ0) is 42.9. The number of ketones is 1. The smallest absolute Gasteiger partial charge is 0.263 e. The van der Waals surface area contributed by atoms with E-state index in [1.165, 1.54) is 18.3 Å². The largest absolute Gasteiger partial charge is 0.384 e. The van der Waals surface area contributed by atoms with Gasteiger partial charge in [0.15, 0.2) is 10.9 Å². The summed E-state index contributed by atoms with van der Waals surface area (Å²) in [4.78, 5) is 75.6. The van der Waals surface area contributed by atoms with E-state index < -0.39 is 0 Å². The molecule has 0 unspecified atom stereocenters. The highest BCUT2D eigenvalue weighted by Crippen LogP contribution is 2.32. The van der Waals surface area contributed by atoms with Crippen LogP contribution in [0.5, 0.6) is 0 Å². The average molecular weight is 848 g/mol. The van der Waals surface area contributed by atoms with E-state index in [1.54, 1.807) is 17.7 Å². The Morgan fingerprint density at radius 2 is 1.59 bits per heavy atom. The van der Waals surface area contributed by atoms with Crippen molar-refractivity contribution in [3.63, 3.8) is 0 Å². The van der Waals surface area contributed by atoms with Crippen molar-refractivity contribution in [3.05, 3.63) is 86.4 Å². The standard InChI is InChI=1S/C45H57N11O4S/c1-29-36-27-49-44(52-41(36)56(33-14-8-9-15-33)43(60)40(29)31(3)57)51-38-19-18-34(26-48-38)55-24-22-54(23-25-55)28-39(58)47-21-13-7-5-6-12-20-46-37-17-11-10-16-35(37)42(59)53-45-50-30(2)32(4)61-45/h10-11,16-19,26-27,33,46H,5-9,12-15,20-25,28H2,1-4H3,(H,47,58)(H,50,53,59)(H,48,49,51,52). The molecule has 2 fully saturated rings. The van der Waals surface area contributed by atoms with Crippen molar-refractivity contribution in [2.45, 2.75) is 91.5 Å². The molecule has 1 aliphatic carbocycles. The van der Waals surface area contributed by atoms with Gasteiger partial charge in [-0.2, -0.15) is 4.98 Å². The molecule has 4 N–H and O–H groups in total. The summed E-state index contributed by atoms with van der Waals surface area (Å²) < 4.78 is 1.71. The summed E-state index contributed by atoms with van der Waals surface area (Å²) in [6.07, 6.45) is 12.5. The molecule has 16 heteroatoms. The Hall–Kier alpha value is -5.74. The van der Waals surface area contributed by atoms with Crippen LogP contribution in [0.25, 0.3) is 11.0 Å². The number of nitrogens with one attached hydrogen (secondary N) is 4. The van der Waals surface area contributed by atoms with Crippen LogP contribution in [0, 0.1) is 20.8 Å². The van der Waals surface area contributed by atoms with Crippen LogP contribution in [-0.4, -0.2) is 92.8 Å². The number of piperazine rings is 1. The number of anilines is 5. The number of benzene rings is 1. The fraction of sp³-hybridized carbons (Fsp3) is 0.467. The molecule has 5 aromatic rings. The van der Waals surface area contributed by atoms with Gasteiger partial charge in [-0.25, -0.2) is 15.0 Å². The Morgan fingerprint density at radius 1 is 0.852 bits per heavy atom. The second-order valence-corrected chi connectivity index (χ2v) is 17.3. The number of aromatic nitrogens is 5. The van der Waals surface area contributed by atoms with Gasteiger partial charge in [0.05, 0.1) is 35.2 Å². The summed E-state index contributed by atoms with van der Waals surface area (Å²) >= 11 is 1.48. The van der Waals surface area contributed by atoms with Crippen LogP contribution in [0.15, 0.2) is 53.6 Å². The maximum Gasteiger partial charge on any atom is 0.263 e. The SMILES string of the molecule is CC(=O)c1c(C)c2cnc(Nc3ccc(N4CCN(CC(=O)NCCCCCCCNc5ccccc5C(=O)Nc5nc(C)c(C)s5)CC4)cn3)nc2n(C2CCCC2)c1=O. The van der Waals surface area contributed by atoms with E-state index in [1.807, 2.05) is 56.4 Å². The first-order chi connectivity index (χ1) is 29.5. The number of pyridine rings is 2. The Bertz CT molecular complexity index is 2380. The lowest BCUT2D eigenvalue weighted by atomic mass is 10.0. The predicted molar refractivity (Wildman–Crippen MR) is 243 cm³/mol. The van der Waals surface area contributed by atoms with Crippen molar-refractivity contribution in [1.29, 1.82) is 0 Å². The van der Waals surface area contributed by atoms with Gasteiger partial charge in [-0.15, -0.1) is 11.3 Å². The van der Waals surface area contributed by atoms with Crippen LogP contribution in [0.3, 0.4) is 0 Å². The predicted octanol–water partition coefficient (Wildman–Crippen LogP) is 7.18. The molecule has 15 nitrogen and oxygen atoms in total. The van der Waals surface area contributed by atoms with Crippen molar-refractivity contribution >= 4 is 68.2 Å². The second kappa shape index (κ2) is 20.2. The molecule has 61 heavy (non-hydrogen) atoms. The Morgan fingerprint density at radius 3 is 2.30 bits per heavy atom. The number of aryl methyl sites for hydroxylation is 3. The lowest BCUT2D eigenvalue weighted by molar-refractivity contribution is -0.122. The molecule has 1 saturated heterocycles. The highest BCUT2D eigenvalue weighted by molar-refractivity contribution is 7.15. The van der Waals surface area contributed by atoms with Gasteiger partial charge in [0.2, 0.25) is 11.9 Å². The minimum atomic E-state index is -0.276. The third-order valence-electron chi connectivity index (χ3n) is 11.8. The number of thiazole rings is 1. The molecule has 1 aromatic carbocycles. The highest BCUT2D eigenvalue weighted by Gasteiger charge is 2.26. The number of fused-ring (bicyclic) bond motifs is 1. The fourth-order valence-corrected chi connectivity index (χ4v) is 9.06. The molecular formula is C45H57N11O4S. The summed E-state index contributed by atoms with van der Waals surface area (Å²) in [5.41, 5.74) is 4.44. The molecule has 5 heterocycles. The molecule has 4 aromatic heterocycles. The highest BCUT2D eigenvalue weighted by atomic mass is 32.1.